The Kier molecular flexibility index (Phi) is 5.96. The number of amides is 1. The fourth-order valence-electron chi connectivity index (χ4n) is 2.63. The lowest BCUT2D eigenvalue weighted by atomic mass is 10.1. The second kappa shape index (κ2) is 8.38. The number of likely N-dealkylation sites (N-methyl/N-ethyl adjacent to an activating group) is 1. The van der Waals surface area contributed by atoms with E-state index in [9.17, 15) is 4.79 Å². The van der Waals surface area contributed by atoms with Crippen LogP contribution in [0.4, 0.5) is 0 Å². The van der Waals surface area contributed by atoms with Gasteiger partial charge in [-0.1, -0.05) is 29.8 Å². The fraction of sp³-hybridized carbons (Fsp3) is 0.278. The molecule has 0 radical (unpaired) electrons. The Balaban J connectivity index is 1.43. The van der Waals surface area contributed by atoms with E-state index in [1.165, 1.54) is 11.7 Å². The summed E-state index contributed by atoms with van der Waals surface area (Å²) in [6, 6.07) is 13.7. The molecule has 0 saturated carbocycles. The number of carbonyl (C=O) groups excluding carboxylic acids is 1. The van der Waals surface area contributed by atoms with Crippen LogP contribution < -0.4 is 5.32 Å². The normalized spacial score (nSPS) is 11.2. The van der Waals surface area contributed by atoms with Crippen molar-refractivity contribution in [1.29, 1.82) is 0 Å². The number of carbonyl (C=O) groups is 1. The zero-order valence-electron chi connectivity index (χ0n) is 13.9. The van der Waals surface area contributed by atoms with Crippen molar-refractivity contribution >= 4 is 40.3 Å². The Morgan fingerprint density at radius 2 is 2.00 bits per heavy atom. The maximum atomic E-state index is 12.1. The highest BCUT2D eigenvalue weighted by molar-refractivity contribution is 7.00. The molecule has 1 N–H and O–H groups in total. The maximum absolute atomic E-state index is 12.1. The Morgan fingerprint density at radius 1 is 1.16 bits per heavy atom. The molecule has 0 fully saturated rings. The molecule has 25 heavy (non-hydrogen) atoms. The molecule has 130 valence electrons. The predicted octanol–water partition coefficient (Wildman–Crippen LogP) is 3.14. The van der Waals surface area contributed by atoms with E-state index in [1.54, 1.807) is 0 Å². The van der Waals surface area contributed by atoms with E-state index < -0.39 is 0 Å². The quantitative estimate of drug-likeness (QED) is 0.690. The van der Waals surface area contributed by atoms with Gasteiger partial charge in [-0.25, -0.2) is 0 Å². The van der Waals surface area contributed by atoms with Crippen LogP contribution in [-0.2, 0) is 17.8 Å². The van der Waals surface area contributed by atoms with Gasteiger partial charge in [0.15, 0.2) is 0 Å². The van der Waals surface area contributed by atoms with Gasteiger partial charge in [0.25, 0.3) is 0 Å². The lowest BCUT2D eigenvalue weighted by Gasteiger charge is -2.16. The van der Waals surface area contributed by atoms with E-state index in [0.29, 0.717) is 19.6 Å². The van der Waals surface area contributed by atoms with E-state index in [4.69, 9.17) is 11.6 Å². The van der Waals surface area contributed by atoms with Crippen molar-refractivity contribution in [2.45, 2.75) is 13.0 Å². The highest BCUT2D eigenvalue weighted by Crippen LogP contribution is 2.14. The van der Waals surface area contributed by atoms with E-state index in [1.807, 2.05) is 54.4 Å². The van der Waals surface area contributed by atoms with Crippen molar-refractivity contribution in [2.24, 2.45) is 0 Å². The molecular weight excluding hydrogens is 356 g/mol. The van der Waals surface area contributed by atoms with Gasteiger partial charge >= 0.3 is 0 Å². The van der Waals surface area contributed by atoms with Crippen molar-refractivity contribution < 1.29 is 4.79 Å². The van der Waals surface area contributed by atoms with Gasteiger partial charge in [-0.15, -0.1) is 0 Å². The third kappa shape index (κ3) is 5.22. The zero-order chi connectivity index (χ0) is 17.6. The van der Waals surface area contributed by atoms with Crippen LogP contribution in [0.25, 0.3) is 11.0 Å². The molecule has 0 aliphatic rings. The van der Waals surface area contributed by atoms with Gasteiger partial charge in [-0.05, 0) is 48.9 Å². The molecule has 0 aliphatic carbocycles. The largest absolute Gasteiger partial charge is 0.355 e. The van der Waals surface area contributed by atoms with Crippen LogP contribution in [0.2, 0.25) is 5.02 Å². The summed E-state index contributed by atoms with van der Waals surface area (Å²) in [5.41, 5.74) is 4.05. The third-order valence-corrected chi connectivity index (χ3v) is 4.60. The first-order valence-corrected chi connectivity index (χ1v) is 9.12. The van der Waals surface area contributed by atoms with Crippen LogP contribution >= 0.6 is 23.3 Å². The van der Waals surface area contributed by atoms with Crippen LogP contribution in [0.1, 0.15) is 11.1 Å². The van der Waals surface area contributed by atoms with E-state index in [0.717, 1.165) is 33.6 Å². The first-order chi connectivity index (χ1) is 12.1. The number of nitrogens with zero attached hydrogens (tertiary/aromatic N) is 3. The SMILES string of the molecule is CN(CC(=O)NCCc1cccc(Cl)c1)Cc1ccc2nsnc2c1. The Morgan fingerprint density at radius 3 is 2.84 bits per heavy atom. The van der Waals surface area contributed by atoms with E-state index >= 15 is 0 Å². The number of hydrogen-bond acceptors (Lipinski definition) is 5. The monoisotopic (exact) mass is 374 g/mol. The summed E-state index contributed by atoms with van der Waals surface area (Å²) in [6.07, 6.45) is 0.767. The number of halogens is 1. The summed E-state index contributed by atoms with van der Waals surface area (Å²) >= 11 is 7.17. The van der Waals surface area contributed by atoms with Crippen LogP contribution in [0, 0.1) is 0 Å². The summed E-state index contributed by atoms with van der Waals surface area (Å²) in [6.45, 7) is 1.64. The molecular formula is C18H19ClN4OS. The lowest BCUT2D eigenvalue weighted by molar-refractivity contribution is -0.122. The standard InChI is InChI=1S/C18H19ClN4OS/c1-23(11-14-5-6-16-17(10-14)22-25-21-16)12-18(24)20-8-7-13-3-2-4-15(19)9-13/h2-6,9-10H,7-8,11-12H2,1H3,(H,20,24). The third-order valence-electron chi connectivity index (χ3n) is 3.81. The summed E-state index contributed by atoms with van der Waals surface area (Å²) in [5.74, 6) is 0.0148. The van der Waals surface area contributed by atoms with Crippen LogP contribution in [-0.4, -0.2) is 39.7 Å². The lowest BCUT2D eigenvalue weighted by Crippen LogP contribution is -2.35. The van der Waals surface area contributed by atoms with Crippen LogP contribution in [0.15, 0.2) is 42.5 Å². The molecule has 7 heteroatoms. The second-order valence-corrected chi connectivity index (χ2v) is 6.95. The van der Waals surface area contributed by atoms with Gasteiger partial charge in [0, 0.05) is 18.1 Å². The van der Waals surface area contributed by atoms with Crippen molar-refractivity contribution in [2.75, 3.05) is 20.1 Å². The summed E-state index contributed by atoms with van der Waals surface area (Å²) in [4.78, 5) is 14.1. The molecule has 1 amide bonds. The molecule has 1 heterocycles. The highest BCUT2D eigenvalue weighted by Gasteiger charge is 2.08. The predicted molar refractivity (Wildman–Crippen MR) is 102 cm³/mol. The van der Waals surface area contributed by atoms with Crippen molar-refractivity contribution in [3.63, 3.8) is 0 Å². The van der Waals surface area contributed by atoms with Gasteiger partial charge in [0.2, 0.25) is 5.91 Å². The number of benzene rings is 2. The second-order valence-electron chi connectivity index (χ2n) is 5.99. The Labute approximate surface area is 155 Å². The maximum Gasteiger partial charge on any atom is 0.234 e. The molecule has 0 unspecified atom stereocenters. The van der Waals surface area contributed by atoms with Crippen molar-refractivity contribution in [1.82, 2.24) is 19.0 Å². The van der Waals surface area contributed by atoms with Crippen LogP contribution in [0.3, 0.4) is 0 Å². The number of hydrogen-bond donors (Lipinski definition) is 1. The summed E-state index contributed by atoms with van der Waals surface area (Å²) < 4.78 is 8.44. The average molecular weight is 375 g/mol. The molecule has 1 aromatic heterocycles. The molecule has 0 aliphatic heterocycles. The smallest absolute Gasteiger partial charge is 0.234 e. The zero-order valence-corrected chi connectivity index (χ0v) is 15.5. The highest BCUT2D eigenvalue weighted by atomic mass is 35.5. The minimum absolute atomic E-state index is 0.0148. The summed E-state index contributed by atoms with van der Waals surface area (Å²) in [7, 11) is 1.93. The first-order valence-electron chi connectivity index (χ1n) is 8.01. The van der Waals surface area contributed by atoms with Gasteiger partial charge in [-0.2, -0.15) is 8.75 Å². The first kappa shape index (κ1) is 17.8. The van der Waals surface area contributed by atoms with Gasteiger partial charge in [-0.3, -0.25) is 9.69 Å². The van der Waals surface area contributed by atoms with E-state index in [-0.39, 0.29) is 5.91 Å². The molecule has 0 bridgehead atoms. The number of rotatable bonds is 7. The topological polar surface area (TPSA) is 58.1 Å². The van der Waals surface area contributed by atoms with E-state index in [2.05, 4.69) is 14.1 Å². The molecule has 3 aromatic rings. The molecule has 2 aromatic carbocycles. The fourth-order valence-corrected chi connectivity index (χ4v) is 3.36. The number of aromatic nitrogens is 2. The Bertz CT molecular complexity index is 867. The van der Waals surface area contributed by atoms with Crippen LogP contribution in [0.5, 0.6) is 0 Å². The number of fused-ring (bicyclic) bond motifs is 1. The van der Waals surface area contributed by atoms with Crippen molar-refractivity contribution in [3.05, 3.63) is 58.6 Å². The average Bonchev–Trinajstić information content (AvgIpc) is 3.02. The molecule has 0 spiro atoms. The minimum atomic E-state index is 0.0148. The van der Waals surface area contributed by atoms with Crippen molar-refractivity contribution in [3.8, 4) is 0 Å². The number of nitrogens with one attached hydrogen (secondary N) is 1. The van der Waals surface area contributed by atoms with Gasteiger partial charge < -0.3 is 5.32 Å². The molecule has 0 saturated heterocycles. The summed E-state index contributed by atoms with van der Waals surface area (Å²) in [5, 5.41) is 3.67. The van der Waals surface area contributed by atoms with Gasteiger partial charge in [0.1, 0.15) is 11.0 Å². The van der Waals surface area contributed by atoms with Gasteiger partial charge in [0.05, 0.1) is 18.3 Å². The Hall–Kier alpha value is -2.02. The minimum Gasteiger partial charge on any atom is -0.355 e. The molecule has 3 rings (SSSR count). The molecule has 0 atom stereocenters. The molecule has 5 nitrogen and oxygen atoms in total.